The van der Waals surface area contributed by atoms with Crippen LogP contribution < -0.4 is 4.74 Å². The Hall–Kier alpha value is -3.93. The second-order valence-electron chi connectivity index (χ2n) is 13.0. The van der Waals surface area contributed by atoms with Crippen LogP contribution in [-0.2, 0) is 24.3 Å². The van der Waals surface area contributed by atoms with Crippen LogP contribution in [-0.4, -0.2) is 77.5 Å². The molecule has 12 heteroatoms. The third-order valence-electron chi connectivity index (χ3n) is 8.54. The number of benzene rings is 3. The number of likely N-dealkylation sites (tertiary alicyclic amines) is 1. The quantitative estimate of drug-likeness (QED) is 0.261. The second-order valence-corrected chi connectivity index (χ2v) is 15.3. The number of carbonyl (C=O) groups excluding carboxylic acids is 2. The number of sulfonamides is 1. The van der Waals surface area contributed by atoms with Gasteiger partial charge in [0.05, 0.1) is 4.90 Å². The van der Waals surface area contributed by atoms with Gasteiger partial charge in [-0.3, -0.25) is 9.59 Å². The van der Waals surface area contributed by atoms with Crippen LogP contribution in [0.4, 0.5) is 4.79 Å². The Morgan fingerprint density at radius 2 is 1.57 bits per heavy atom. The van der Waals surface area contributed by atoms with Gasteiger partial charge in [-0.05, 0) is 87.2 Å². The number of nitrogens with zero attached hydrogens (tertiary/aromatic N) is 2. The van der Waals surface area contributed by atoms with E-state index in [-0.39, 0.29) is 23.5 Å². The molecule has 1 heterocycles. The number of halogens is 1. The Labute approximate surface area is 280 Å². The number of amides is 1. The molecule has 0 radical (unpaired) electrons. The summed E-state index contributed by atoms with van der Waals surface area (Å²) >= 11 is 5.99. The van der Waals surface area contributed by atoms with Crippen molar-refractivity contribution < 1.29 is 37.4 Å². The fourth-order valence-corrected chi connectivity index (χ4v) is 8.02. The van der Waals surface area contributed by atoms with Gasteiger partial charge in [0.25, 0.3) is 0 Å². The molecule has 1 aliphatic heterocycles. The van der Waals surface area contributed by atoms with Crippen molar-refractivity contribution in [2.45, 2.75) is 75.0 Å². The summed E-state index contributed by atoms with van der Waals surface area (Å²) in [5.74, 6) is -1.83. The first-order valence-electron chi connectivity index (χ1n) is 15.5. The maximum Gasteiger partial charge on any atom is 0.410 e. The highest BCUT2D eigenvalue weighted by Crippen LogP contribution is 2.58. The van der Waals surface area contributed by atoms with Crippen LogP contribution in [0.25, 0.3) is 11.1 Å². The summed E-state index contributed by atoms with van der Waals surface area (Å²) in [6.07, 6.45) is 0.832. The number of carbonyl (C=O) groups is 3. The normalized spacial score (nSPS) is 20.1. The van der Waals surface area contributed by atoms with Crippen LogP contribution in [0.1, 0.15) is 58.4 Å². The van der Waals surface area contributed by atoms with E-state index < -0.39 is 45.4 Å². The summed E-state index contributed by atoms with van der Waals surface area (Å²) < 4.78 is 40.6. The molecule has 3 aromatic carbocycles. The summed E-state index contributed by atoms with van der Waals surface area (Å²) in [4.78, 5) is 39.3. The Kier molecular flexibility index (Phi) is 9.73. The van der Waals surface area contributed by atoms with Gasteiger partial charge in [0.2, 0.25) is 10.0 Å². The first-order chi connectivity index (χ1) is 22.1. The van der Waals surface area contributed by atoms with Gasteiger partial charge in [0.15, 0.2) is 5.78 Å². The summed E-state index contributed by atoms with van der Waals surface area (Å²) in [5.41, 5.74) is 0.114. The van der Waals surface area contributed by atoms with Gasteiger partial charge in [0, 0.05) is 36.9 Å². The molecule has 5 rings (SSSR count). The lowest BCUT2D eigenvalue weighted by atomic mass is 10.0. The molecule has 10 nitrogen and oxygen atoms in total. The molecule has 0 aromatic heterocycles. The number of ether oxygens (including phenoxy) is 2. The molecule has 0 spiro atoms. The van der Waals surface area contributed by atoms with E-state index in [1.807, 2.05) is 32.9 Å². The van der Waals surface area contributed by atoms with E-state index in [2.05, 4.69) is 0 Å². The van der Waals surface area contributed by atoms with E-state index in [1.165, 1.54) is 19.1 Å². The van der Waals surface area contributed by atoms with Crippen molar-refractivity contribution in [3.63, 3.8) is 0 Å². The molecule has 0 bridgehead atoms. The van der Waals surface area contributed by atoms with Crippen molar-refractivity contribution in [1.29, 1.82) is 0 Å². The van der Waals surface area contributed by atoms with Crippen LogP contribution in [0.15, 0.2) is 77.7 Å². The number of ketones is 1. The SMILES string of the molecule is CC(=O)C1(N(CC(=O)O)S(=O)(=O)c2ccc(-c3ccc(Cl)cc3)cc2)CC1c1cccc(OC2CCN(C(=O)OC(C)(C)C)CC2)c1. The van der Waals surface area contributed by atoms with E-state index >= 15 is 0 Å². The first kappa shape index (κ1) is 34.4. The predicted octanol–water partition coefficient (Wildman–Crippen LogP) is 6.38. The van der Waals surface area contributed by atoms with E-state index in [0.29, 0.717) is 42.3 Å². The van der Waals surface area contributed by atoms with Gasteiger partial charge in [-0.2, -0.15) is 4.31 Å². The third-order valence-corrected chi connectivity index (χ3v) is 10.7. The monoisotopic (exact) mass is 682 g/mol. The van der Waals surface area contributed by atoms with E-state index in [1.54, 1.807) is 53.4 Å². The number of piperidine rings is 1. The average Bonchev–Trinajstić information content (AvgIpc) is 3.77. The van der Waals surface area contributed by atoms with Crippen LogP contribution in [0.2, 0.25) is 5.02 Å². The largest absolute Gasteiger partial charge is 0.490 e. The molecule has 250 valence electrons. The van der Waals surface area contributed by atoms with Crippen LogP contribution in [0.3, 0.4) is 0 Å². The fraction of sp³-hybridized carbons (Fsp3) is 0.400. The molecule has 1 amide bonds. The maximum atomic E-state index is 14.0. The second kappa shape index (κ2) is 13.3. The third kappa shape index (κ3) is 7.63. The van der Waals surface area contributed by atoms with Crippen molar-refractivity contribution in [3.05, 3.63) is 83.4 Å². The first-order valence-corrected chi connectivity index (χ1v) is 17.3. The zero-order valence-electron chi connectivity index (χ0n) is 26.8. The molecular formula is C35H39ClN2O8S. The Morgan fingerprint density at radius 3 is 2.13 bits per heavy atom. The van der Waals surface area contributed by atoms with Gasteiger partial charge >= 0.3 is 12.1 Å². The number of carboxylic acids is 1. The van der Waals surface area contributed by atoms with Crippen LogP contribution in [0.5, 0.6) is 5.75 Å². The van der Waals surface area contributed by atoms with Crippen LogP contribution in [0, 0.1) is 0 Å². The van der Waals surface area contributed by atoms with Crippen molar-refractivity contribution in [2.75, 3.05) is 19.6 Å². The number of hydrogen-bond donors (Lipinski definition) is 1. The number of hydrogen-bond acceptors (Lipinski definition) is 7. The predicted molar refractivity (Wildman–Crippen MR) is 177 cm³/mol. The Balaban J connectivity index is 1.34. The standard InChI is InChI=1S/C35H39ClN2O8S/c1-23(39)35(38(22-32(40)41)47(43,44)30-14-10-25(11-15-30)24-8-12-27(36)13-9-24)21-31(35)26-6-5-7-29(20-26)45-28-16-18-37(19-17-28)33(42)46-34(2,3)4/h5-15,20,28,31H,16-19,21-22H2,1-4H3,(H,40,41). The Morgan fingerprint density at radius 1 is 0.979 bits per heavy atom. The summed E-state index contributed by atoms with van der Waals surface area (Å²) in [6, 6.07) is 20.3. The van der Waals surface area contributed by atoms with Crippen molar-refractivity contribution in [2.24, 2.45) is 0 Å². The topological polar surface area (TPSA) is 131 Å². The van der Waals surface area contributed by atoms with E-state index in [0.717, 1.165) is 15.4 Å². The minimum absolute atomic E-state index is 0.113. The summed E-state index contributed by atoms with van der Waals surface area (Å²) in [6.45, 7) is 6.87. The highest BCUT2D eigenvalue weighted by molar-refractivity contribution is 7.89. The molecular weight excluding hydrogens is 644 g/mol. The number of Topliss-reactive ketones (excluding diaryl/α,β-unsaturated/α-hetero) is 1. The van der Waals surface area contributed by atoms with Gasteiger partial charge in [0.1, 0.15) is 29.5 Å². The zero-order chi connectivity index (χ0) is 34.1. The minimum Gasteiger partial charge on any atom is -0.490 e. The van der Waals surface area contributed by atoms with Gasteiger partial charge in [-0.25, -0.2) is 13.2 Å². The van der Waals surface area contributed by atoms with Crippen LogP contribution >= 0.6 is 11.6 Å². The highest BCUT2D eigenvalue weighted by atomic mass is 35.5. The van der Waals surface area contributed by atoms with Gasteiger partial charge in [-0.15, -0.1) is 0 Å². The zero-order valence-corrected chi connectivity index (χ0v) is 28.4. The summed E-state index contributed by atoms with van der Waals surface area (Å²) in [5, 5.41) is 10.4. The number of carboxylic acid groups (broad SMARTS) is 1. The molecule has 2 atom stereocenters. The molecule has 2 unspecified atom stereocenters. The molecule has 3 aromatic rings. The van der Waals surface area contributed by atoms with Crippen molar-refractivity contribution >= 4 is 39.5 Å². The molecule has 1 saturated carbocycles. The molecule has 47 heavy (non-hydrogen) atoms. The number of rotatable bonds is 10. The average molecular weight is 683 g/mol. The maximum absolute atomic E-state index is 14.0. The van der Waals surface area contributed by atoms with Crippen molar-refractivity contribution in [1.82, 2.24) is 9.21 Å². The number of aliphatic carboxylic acids is 1. The molecule has 2 fully saturated rings. The lowest BCUT2D eigenvalue weighted by molar-refractivity contribution is -0.138. The lowest BCUT2D eigenvalue weighted by Gasteiger charge is -2.33. The molecule has 1 N–H and O–H groups in total. The molecule has 1 aliphatic carbocycles. The van der Waals surface area contributed by atoms with E-state index in [9.17, 15) is 27.9 Å². The fourth-order valence-electron chi connectivity index (χ4n) is 6.12. The molecule has 2 aliphatic rings. The smallest absolute Gasteiger partial charge is 0.410 e. The summed E-state index contributed by atoms with van der Waals surface area (Å²) in [7, 11) is -4.40. The van der Waals surface area contributed by atoms with Crippen molar-refractivity contribution in [3.8, 4) is 16.9 Å². The minimum atomic E-state index is -4.40. The molecule has 1 saturated heterocycles. The Bertz CT molecular complexity index is 1750. The highest BCUT2D eigenvalue weighted by Gasteiger charge is 2.66. The van der Waals surface area contributed by atoms with Gasteiger partial charge < -0.3 is 19.5 Å². The van der Waals surface area contributed by atoms with Gasteiger partial charge in [-0.1, -0.05) is 48.0 Å². The van der Waals surface area contributed by atoms with E-state index in [4.69, 9.17) is 21.1 Å². The lowest BCUT2D eigenvalue weighted by Crippen LogP contribution is -2.49.